The Morgan fingerprint density at radius 1 is 0.931 bits per heavy atom. The van der Waals surface area contributed by atoms with Crippen LogP contribution in [0.2, 0.25) is 5.02 Å². The first-order valence-electron chi connectivity index (χ1n) is 8.48. The van der Waals surface area contributed by atoms with E-state index in [9.17, 15) is 13.2 Å². The van der Waals surface area contributed by atoms with E-state index in [1.165, 1.54) is 30.2 Å². The highest BCUT2D eigenvalue weighted by Crippen LogP contribution is 2.31. The van der Waals surface area contributed by atoms with Gasteiger partial charge in [0.15, 0.2) is 11.2 Å². The molecule has 29 heavy (non-hydrogen) atoms. The van der Waals surface area contributed by atoms with E-state index in [1.807, 2.05) is 12.1 Å². The van der Waals surface area contributed by atoms with Gasteiger partial charge in [0.1, 0.15) is 11.4 Å². The highest BCUT2D eigenvalue weighted by Gasteiger charge is 2.29. The quantitative estimate of drug-likeness (QED) is 0.317. The van der Waals surface area contributed by atoms with Crippen molar-refractivity contribution in [3.05, 3.63) is 76.6 Å². The van der Waals surface area contributed by atoms with Crippen LogP contribution in [0.1, 0.15) is 16.7 Å². The molecule has 0 bridgehead atoms. The van der Waals surface area contributed by atoms with Crippen LogP contribution in [0.4, 0.5) is 13.2 Å². The second kappa shape index (κ2) is 8.00. The van der Waals surface area contributed by atoms with E-state index in [0.29, 0.717) is 33.5 Å². The van der Waals surface area contributed by atoms with Gasteiger partial charge in [-0.2, -0.15) is 13.2 Å². The Morgan fingerprint density at radius 3 is 2.31 bits per heavy atom. The largest absolute Gasteiger partial charge is 0.416 e. The van der Waals surface area contributed by atoms with Gasteiger partial charge in [0.05, 0.1) is 12.1 Å². The average molecular weight is 436 g/mol. The topological polar surface area (TPSA) is 56.5 Å². The number of halogens is 4. The Hall–Kier alpha value is -2.65. The molecule has 0 saturated heterocycles. The Bertz CT molecular complexity index is 1130. The number of nitrogens with zero attached hydrogens (tertiary/aromatic N) is 5. The maximum absolute atomic E-state index is 12.7. The lowest BCUT2D eigenvalue weighted by Crippen LogP contribution is -2.04. The summed E-state index contributed by atoms with van der Waals surface area (Å²) in [5.41, 5.74) is 2.23. The summed E-state index contributed by atoms with van der Waals surface area (Å²) in [7, 11) is 0. The van der Waals surface area contributed by atoms with Crippen molar-refractivity contribution in [2.24, 2.45) is 0 Å². The maximum atomic E-state index is 12.7. The Balaban J connectivity index is 1.51. The van der Waals surface area contributed by atoms with E-state index < -0.39 is 11.7 Å². The molecule has 10 heteroatoms. The molecule has 2 aromatic heterocycles. The molecule has 0 radical (unpaired) electrons. The SMILES string of the molecule is FC(F)(F)c1ccc(CSc2ncnc3c2nnn3Cc2ccc(Cl)cc2)cc1. The molecule has 148 valence electrons. The van der Waals surface area contributed by atoms with Gasteiger partial charge < -0.3 is 0 Å². The first-order chi connectivity index (χ1) is 13.9. The smallest absolute Gasteiger partial charge is 0.227 e. The molecule has 0 aliphatic rings. The molecule has 0 aliphatic carbocycles. The number of rotatable bonds is 5. The van der Waals surface area contributed by atoms with E-state index in [1.54, 1.807) is 16.8 Å². The summed E-state index contributed by atoms with van der Waals surface area (Å²) >= 11 is 7.28. The van der Waals surface area contributed by atoms with Crippen molar-refractivity contribution in [2.45, 2.75) is 23.5 Å². The molecule has 5 nitrogen and oxygen atoms in total. The summed E-state index contributed by atoms with van der Waals surface area (Å²) < 4.78 is 39.7. The molecule has 0 saturated carbocycles. The fraction of sp³-hybridized carbons (Fsp3) is 0.158. The molecule has 2 aromatic carbocycles. The van der Waals surface area contributed by atoms with Crippen LogP contribution in [0.3, 0.4) is 0 Å². The molecule has 0 amide bonds. The van der Waals surface area contributed by atoms with Gasteiger partial charge in [0.25, 0.3) is 0 Å². The van der Waals surface area contributed by atoms with Gasteiger partial charge >= 0.3 is 6.18 Å². The van der Waals surface area contributed by atoms with Crippen LogP contribution in [-0.4, -0.2) is 25.0 Å². The monoisotopic (exact) mass is 435 g/mol. The maximum Gasteiger partial charge on any atom is 0.416 e. The third-order valence-corrected chi connectivity index (χ3v) is 5.47. The van der Waals surface area contributed by atoms with Crippen LogP contribution in [-0.2, 0) is 18.5 Å². The average Bonchev–Trinajstić information content (AvgIpc) is 3.11. The van der Waals surface area contributed by atoms with Crippen molar-refractivity contribution < 1.29 is 13.2 Å². The minimum Gasteiger partial charge on any atom is -0.227 e. The predicted octanol–water partition coefficient (Wildman–Crippen LogP) is 5.23. The zero-order valence-corrected chi connectivity index (χ0v) is 16.3. The normalized spacial score (nSPS) is 11.9. The summed E-state index contributed by atoms with van der Waals surface area (Å²) in [6.45, 7) is 0.480. The zero-order valence-electron chi connectivity index (χ0n) is 14.8. The summed E-state index contributed by atoms with van der Waals surface area (Å²) in [6, 6.07) is 12.5. The summed E-state index contributed by atoms with van der Waals surface area (Å²) in [6.07, 6.45) is -2.91. The predicted molar refractivity (Wildman–Crippen MR) is 105 cm³/mol. The van der Waals surface area contributed by atoms with Crippen molar-refractivity contribution in [2.75, 3.05) is 0 Å². The first-order valence-corrected chi connectivity index (χ1v) is 9.84. The highest BCUT2D eigenvalue weighted by atomic mass is 35.5. The molecule has 4 aromatic rings. The minimum absolute atomic E-state index is 0.453. The van der Waals surface area contributed by atoms with Crippen molar-refractivity contribution in [3.63, 3.8) is 0 Å². The highest BCUT2D eigenvalue weighted by molar-refractivity contribution is 7.98. The number of fused-ring (bicyclic) bond motifs is 1. The molecule has 0 N–H and O–H groups in total. The number of hydrogen-bond acceptors (Lipinski definition) is 5. The molecule has 0 atom stereocenters. The van der Waals surface area contributed by atoms with Crippen LogP contribution in [0.5, 0.6) is 0 Å². The third-order valence-electron chi connectivity index (χ3n) is 4.17. The van der Waals surface area contributed by atoms with E-state index >= 15 is 0 Å². The number of benzene rings is 2. The van der Waals surface area contributed by atoms with E-state index in [2.05, 4.69) is 20.3 Å². The summed E-state index contributed by atoms with van der Waals surface area (Å²) in [5.74, 6) is 0.453. The lowest BCUT2D eigenvalue weighted by Gasteiger charge is -2.07. The van der Waals surface area contributed by atoms with Crippen LogP contribution in [0.15, 0.2) is 59.9 Å². The van der Waals surface area contributed by atoms with Gasteiger partial charge in [-0.05, 0) is 35.4 Å². The van der Waals surface area contributed by atoms with E-state index in [-0.39, 0.29) is 0 Å². The van der Waals surface area contributed by atoms with Gasteiger partial charge in [-0.25, -0.2) is 14.6 Å². The fourth-order valence-corrected chi connectivity index (χ4v) is 3.70. The molecule has 2 heterocycles. The van der Waals surface area contributed by atoms with E-state index in [0.717, 1.165) is 23.3 Å². The Labute approximate surface area is 172 Å². The first kappa shape index (κ1) is 19.7. The van der Waals surface area contributed by atoms with Gasteiger partial charge in [0.2, 0.25) is 0 Å². The van der Waals surface area contributed by atoms with Crippen LogP contribution in [0, 0.1) is 0 Å². The Morgan fingerprint density at radius 2 is 1.62 bits per heavy atom. The second-order valence-corrected chi connectivity index (χ2v) is 7.61. The number of thioether (sulfide) groups is 1. The van der Waals surface area contributed by atoms with Crippen molar-refractivity contribution in [1.82, 2.24) is 25.0 Å². The molecule has 0 spiro atoms. The van der Waals surface area contributed by atoms with Crippen LogP contribution in [0.25, 0.3) is 11.2 Å². The summed E-state index contributed by atoms with van der Waals surface area (Å²) in [4.78, 5) is 8.52. The van der Waals surface area contributed by atoms with Crippen molar-refractivity contribution >= 4 is 34.5 Å². The second-order valence-electron chi connectivity index (χ2n) is 6.21. The number of hydrogen-bond donors (Lipinski definition) is 0. The fourth-order valence-electron chi connectivity index (χ4n) is 2.69. The molecule has 4 rings (SSSR count). The van der Waals surface area contributed by atoms with Gasteiger partial charge in [0, 0.05) is 10.8 Å². The molecular weight excluding hydrogens is 423 g/mol. The molecular formula is C19H13ClF3N5S. The molecule has 0 fully saturated rings. The van der Waals surface area contributed by atoms with Gasteiger partial charge in [-0.1, -0.05) is 52.8 Å². The number of aromatic nitrogens is 5. The lowest BCUT2D eigenvalue weighted by atomic mass is 10.1. The standard InChI is InChI=1S/C19H13ClF3N5S/c20-15-7-3-12(4-8-15)9-28-17-16(26-27-28)18(25-11-24-17)29-10-13-1-5-14(6-2-13)19(21,22)23/h1-8,11H,9-10H2. The number of alkyl halides is 3. The van der Waals surface area contributed by atoms with Gasteiger partial charge in [-0.15, -0.1) is 5.10 Å². The molecule has 0 unspecified atom stereocenters. The minimum atomic E-state index is -4.34. The van der Waals surface area contributed by atoms with E-state index in [4.69, 9.17) is 11.6 Å². The van der Waals surface area contributed by atoms with Gasteiger partial charge in [-0.3, -0.25) is 0 Å². The summed E-state index contributed by atoms with van der Waals surface area (Å²) in [5, 5.41) is 9.62. The molecule has 0 aliphatic heterocycles. The zero-order chi connectivity index (χ0) is 20.4. The van der Waals surface area contributed by atoms with Crippen LogP contribution >= 0.6 is 23.4 Å². The van der Waals surface area contributed by atoms with Crippen molar-refractivity contribution in [1.29, 1.82) is 0 Å². The Kier molecular flexibility index (Phi) is 5.42. The van der Waals surface area contributed by atoms with Crippen molar-refractivity contribution in [3.8, 4) is 0 Å². The van der Waals surface area contributed by atoms with Crippen LogP contribution < -0.4 is 0 Å². The lowest BCUT2D eigenvalue weighted by molar-refractivity contribution is -0.137. The third kappa shape index (κ3) is 4.51.